The van der Waals surface area contributed by atoms with E-state index < -0.39 is 0 Å². The third-order valence-corrected chi connectivity index (χ3v) is 5.06. The van der Waals surface area contributed by atoms with Crippen LogP contribution in [0.2, 0.25) is 0 Å². The van der Waals surface area contributed by atoms with E-state index in [1.807, 2.05) is 36.0 Å². The van der Waals surface area contributed by atoms with Crippen molar-refractivity contribution in [3.05, 3.63) is 34.3 Å². The summed E-state index contributed by atoms with van der Waals surface area (Å²) in [6, 6.07) is 7.46. The van der Waals surface area contributed by atoms with E-state index >= 15 is 0 Å². The number of benzene rings is 1. The van der Waals surface area contributed by atoms with Crippen molar-refractivity contribution in [1.29, 1.82) is 0 Å². The number of carbonyl (C=O) groups excluding carboxylic acids is 1. The topological polar surface area (TPSA) is 29.1 Å². The van der Waals surface area contributed by atoms with Crippen molar-refractivity contribution in [3.8, 4) is 0 Å². The molecule has 18 heavy (non-hydrogen) atoms. The molecule has 0 aromatic heterocycles. The van der Waals surface area contributed by atoms with Crippen LogP contribution in [-0.4, -0.2) is 23.5 Å². The largest absolute Gasteiger partial charge is 0.351 e. The summed E-state index contributed by atoms with van der Waals surface area (Å²) in [6.07, 6.45) is 5.46. The van der Waals surface area contributed by atoms with Crippen molar-refractivity contribution >= 4 is 33.6 Å². The molecule has 1 amide bonds. The van der Waals surface area contributed by atoms with Crippen LogP contribution in [0.1, 0.15) is 36.0 Å². The number of hydrogen-bond acceptors (Lipinski definition) is 2. The standard InChI is InChI=1S/C14H18BrNOS/c15-12-7-5-11(6-8-12)14(17)16-9-10-18-13-3-1-2-4-13/h5-8,13H,1-4,9-10H2,(H,16,17). The highest BCUT2D eigenvalue weighted by Gasteiger charge is 2.14. The molecule has 0 saturated heterocycles. The lowest BCUT2D eigenvalue weighted by Crippen LogP contribution is -2.26. The Morgan fingerprint density at radius 2 is 1.94 bits per heavy atom. The van der Waals surface area contributed by atoms with E-state index in [-0.39, 0.29) is 5.91 Å². The van der Waals surface area contributed by atoms with Crippen LogP contribution in [0, 0.1) is 0 Å². The van der Waals surface area contributed by atoms with Gasteiger partial charge in [-0.2, -0.15) is 11.8 Å². The van der Waals surface area contributed by atoms with Crippen LogP contribution in [-0.2, 0) is 0 Å². The highest BCUT2D eigenvalue weighted by atomic mass is 79.9. The van der Waals surface area contributed by atoms with Crippen molar-refractivity contribution in [2.45, 2.75) is 30.9 Å². The molecule has 1 fully saturated rings. The molecule has 0 heterocycles. The van der Waals surface area contributed by atoms with Crippen molar-refractivity contribution in [1.82, 2.24) is 5.32 Å². The molecule has 1 N–H and O–H groups in total. The number of amides is 1. The summed E-state index contributed by atoms with van der Waals surface area (Å²) in [7, 11) is 0. The number of thioether (sulfide) groups is 1. The Bertz CT molecular complexity index is 387. The molecule has 2 nitrogen and oxygen atoms in total. The van der Waals surface area contributed by atoms with Gasteiger partial charge >= 0.3 is 0 Å². The fourth-order valence-corrected chi connectivity index (χ4v) is 3.63. The lowest BCUT2D eigenvalue weighted by Gasteiger charge is -2.09. The second-order valence-electron chi connectivity index (χ2n) is 4.54. The second-order valence-corrected chi connectivity index (χ2v) is 6.86. The summed E-state index contributed by atoms with van der Waals surface area (Å²) in [5.74, 6) is 1.04. The first-order chi connectivity index (χ1) is 8.75. The third kappa shape index (κ3) is 4.32. The van der Waals surface area contributed by atoms with E-state index in [4.69, 9.17) is 0 Å². The molecule has 1 saturated carbocycles. The molecule has 0 bridgehead atoms. The van der Waals surface area contributed by atoms with Crippen molar-refractivity contribution in [2.75, 3.05) is 12.3 Å². The zero-order valence-corrected chi connectivity index (χ0v) is 12.7. The Morgan fingerprint density at radius 3 is 2.61 bits per heavy atom. The quantitative estimate of drug-likeness (QED) is 0.832. The van der Waals surface area contributed by atoms with Crippen molar-refractivity contribution in [2.24, 2.45) is 0 Å². The van der Waals surface area contributed by atoms with Gasteiger partial charge in [0.15, 0.2) is 0 Å². The highest BCUT2D eigenvalue weighted by Crippen LogP contribution is 2.28. The Balaban J connectivity index is 1.66. The summed E-state index contributed by atoms with van der Waals surface area (Å²) in [5, 5.41) is 3.80. The van der Waals surface area contributed by atoms with Crippen LogP contribution >= 0.6 is 27.7 Å². The predicted molar refractivity (Wildman–Crippen MR) is 81.2 cm³/mol. The molecule has 0 atom stereocenters. The average Bonchev–Trinajstić information content (AvgIpc) is 2.88. The van der Waals surface area contributed by atoms with Gasteiger partial charge in [-0.3, -0.25) is 4.79 Å². The minimum atomic E-state index is 0.0227. The number of carbonyl (C=O) groups is 1. The number of hydrogen-bond donors (Lipinski definition) is 1. The van der Waals surface area contributed by atoms with Gasteiger partial charge < -0.3 is 5.32 Å². The van der Waals surface area contributed by atoms with Crippen molar-refractivity contribution < 1.29 is 4.79 Å². The van der Waals surface area contributed by atoms with Gasteiger partial charge in [0.25, 0.3) is 5.91 Å². The normalized spacial score (nSPS) is 15.8. The van der Waals surface area contributed by atoms with E-state index in [0.29, 0.717) is 0 Å². The first-order valence-electron chi connectivity index (χ1n) is 6.41. The fraction of sp³-hybridized carbons (Fsp3) is 0.500. The van der Waals surface area contributed by atoms with E-state index in [9.17, 15) is 4.79 Å². The molecule has 1 aromatic carbocycles. The SMILES string of the molecule is O=C(NCCSC1CCCC1)c1ccc(Br)cc1. The summed E-state index contributed by atoms with van der Waals surface area (Å²) in [5.41, 5.74) is 0.726. The molecule has 1 aliphatic carbocycles. The van der Waals surface area contributed by atoms with Gasteiger partial charge in [0.1, 0.15) is 0 Å². The maximum Gasteiger partial charge on any atom is 0.251 e. The highest BCUT2D eigenvalue weighted by molar-refractivity contribution is 9.10. The lowest BCUT2D eigenvalue weighted by molar-refractivity contribution is 0.0956. The number of halogens is 1. The van der Waals surface area contributed by atoms with E-state index in [0.717, 1.165) is 27.6 Å². The van der Waals surface area contributed by atoms with Crippen LogP contribution in [0.4, 0.5) is 0 Å². The van der Waals surface area contributed by atoms with Gasteiger partial charge in [-0.25, -0.2) is 0 Å². The maximum atomic E-state index is 11.8. The smallest absolute Gasteiger partial charge is 0.251 e. The fourth-order valence-electron chi connectivity index (χ4n) is 2.15. The Kier molecular flexibility index (Phi) is 5.57. The van der Waals surface area contributed by atoms with E-state index in [2.05, 4.69) is 21.2 Å². The van der Waals surface area contributed by atoms with Gasteiger partial charge in [0.2, 0.25) is 0 Å². The molecule has 2 rings (SSSR count). The first-order valence-corrected chi connectivity index (χ1v) is 8.25. The zero-order valence-electron chi connectivity index (χ0n) is 10.3. The van der Waals surface area contributed by atoms with Gasteiger partial charge in [-0.05, 0) is 37.1 Å². The molecule has 0 radical (unpaired) electrons. The Labute approximate surface area is 121 Å². The van der Waals surface area contributed by atoms with Crippen LogP contribution in [0.5, 0.6) is 0 Å². The molecule has 98 valence electrons. The molecule has 0 unspecified atom stereocenters. The van der Waals surface area contributed by atoms with Crippen LogP contribution in [0.25, 0.3) is 0 Å². The molecular weight excluding hydrogens is 310 g/mol. The van der Waals surface area contributed by atoms with Gasteiger partial charge in [-0.1, -0.05) is 28.8 Å². The van der Waals surface area contributed by atoms with Crippen LogP contribution in [0.15, 0.2) is 28.7 Å². The summed E-state index contributed by atoms with van der Waals surface area (Å²) < 4.78 is 0.996. The molecule has 1 aromatic rings. The molecule has 4 heteroatoms. The van der Waals surface area contributed by atoms with Crippen LogP contribution < -0.4 is 5.32 Å². The number of rotatable bonds is 5. The lowest BCUT2D eigenvalue weighted by atomic mass is 10.2. The second kappa shape index (κ2) is 7.19. The first kappa shape index (κ1) is 13.9. The molecule has 1 aliphatic rings. The molecule has 0 spiro atoms. The van der Waals surface area contributed by atoms with Crippen molar-refractivity contribution in [3.63, 3.8) is 0 Å². The van der Waals surface area contributed by atoms with Gasteiger partial charge in [0, 0.05) is 27.6 Å². The maximum absolute atomic E-state index is 11.8. The molecule has 0 aliphatic heterocycles. The van der Waals surface area contributed by atoms with Gasteiger partial charge in [-0.15, -0.1) is 0 Å². The summed E-state index contributed by atoms with van der Waals surface area (Å²) in [4.78, 5) is 11.8. The minimum absolute atomic E-state index is 0.0227. The monoisotopic (exact) mass is 327 g/mol. The van der Waals surface area contributed by atoms with E-state index in [1.54, 1.807) is 0 Å². The molecular formula is C14H18BrNOS. The Hall–Kier alpha value is -0.480. The number of nitrogens with one attached hydrogen (secondary N) is 1. The minimum Gasteiger partial charge on any atom is -0.351 e. The van der Waals surface area contributed by atoms with Gasteiger partial charge in [0.05, 0.1) is 0 Å². The summed E-state index contributed by atoms with van der Waals surface area (Å²) >= 11 is 5.36. The summed E-state index contributed by atoms with van der Waals surface area (Å²) in [6.45, 7) is 0.760. The van der Waals surface area contributed by atoms with Crippen LogP contribution in [0.3, 0.4) is 0 Å². The average molecular weight is 328 g/mol. The predicted octanol–water partition coefficient (Wildman–Crippen LogP) is 3.85. The Morgan fingerprint density at radius 1 is 1.28 bits per heavy atom. The van der Waals surface area contributed by atoms with E-state index in [1.165, 1.54) is 25.7 Å². The zero-order chi connectivity index (χ0) is 12.8. The third-order valence-electron chi connectivity index (χ3n) is 3.15.